The molecule has 0 aliphatic carbocycles. The Hall–Kier alpha value is -3.28. The third-order valence-corrected chi connectivity index (χ3v) is 3.83. The molecule has 0 spiro atoms. The molecule has 0 radical (unpaired) electrons. The van der Waals surface area contributed by atoms with Gasteiger partial charge in [-0.25, -0.2) is 9.37 Å². The van der Waals surface area contributed by atoms with Crippen molar-refractivity contribution < 1.29 is 9.18 Å². The van der Waals surface area contributed by atoms with Gasteiger partial charge in [0.15, 0.2) is 0 Å². The fourth-order valence-electron chi connectivity index (χ4n) is 2.44. The SMILES string of the molecule is O=C(NCc1cccnc1)c1ccnc(NCCc2ccc(F)cc2)c1. The van der Waals surface area contributed by atoms with Crippen LogP contribution in [0, 0.1) is 5.82 Å². The number of benzene rings is 1. The Balaban J connectivity index is 1.52. The van der Waals surface area contributed by atoms with Gasteiger partial charge in [0.05, 0.1) is 0 Å². The first-order chi connectivity index (χ1) is 12.7. The van der Waals surface area contributed by atoms with Gasteiger partial charge in [0.1, 0.15) is 11.6 Å². The number of amides is 1. The van der Waals surface area contributed by atoms with Gasteiger partial charge in [-0.15, -0.1) is 0 Å². The minimum absolute atomic E-state index is 0.169. The van der Waals surface area contributed by atoms with Gasteiger partial charge in [-0.3, -0.25) is 9.78 Å². The Labute approximate surface area is 151 Å². The molecule has 5 nitrogen and oxygen atoms in total. The van der Waals surface area contributed by atoms with Crippen LogP contribution in [0.5, 0.6) is 0 Å². The van der Waals surface area contributed by atoms with E-state index in [4.69, 9.17) is 0 Å². The molecule has 1 amide bonds. The molecule has 6 heteroatoms. The van der Waals surface area contributed by atoms with E-state index in [0.717, 1.165) is 17.5 Å². The highest BCUT2D eigenvalue weighted by atomic mass is 19.1. The summed E-state index contributed by atoms with van der Waals surface area (Å²) in [5, 5.41) is 6.04. The van der Waals surface area contributed by atoms with Crippen LogP contribution in [0.2, 0.25) is 0 Å². The second-order valence-electron chi connectivity index (χ2n) is 5.78. The Morgan fingerprint density at radius 3 is 2.65 bits per heavy atom. The second-order valence-corrected chi connectivity index (χ2v) is 5.78. The predicted octanol–water partition coefficient (Wildman–Crippen LogP) is 3.20. The van der Waals surface area contributed by atoms with Crippen molar-refractivity contribution >= 4 is 11.7 Å². The van der Waals surface area contributed by atoms with Crippen molar-refractivity contribution in [3.63, 3.8) is 0 Å². The highest BCUT2D eigenvalue weighted by molar-refractivity contribution is 5.94. The number of hydrogen-bond donors (Lipinski definition) is 2. The maximum Gasteiger partial charge on any atom is 0.251 e. The smallest absolute Gasteiger partial charge is 0.251 e. The molecule has 0 aliphatic heterocycles. The summed E-state index contributed by atoms with van der Waals surface area (Å²) in [5.74, 6) is 0.215. The van der Waals surface area contributed by atoms with Crippen molar-refractivity contribution in [2.24, 2.45) is 0 Å². The van der Waals surface area contributed by atoms with E-state index in [1.807, 2.05) is 12.1 Å². The lowest BCUT2D eigenvalue weighted by Crippen LogP contribution is -2.23. The van der Waals surface area contributed by atoms with Crippen LogP contribution in [-0.2, 0) is 13.0 Å². The van der Waals surface area contributed by atoms with Crippen LogP contribution in [0.4, 0.5) is 10.2 Å². The zero-order valence-electron chi connectivity index (χ0n) is 14.2. The van der Waals surface area contributed by atoms with Crippen LogP contribution < -0.4 is 10.6 Å². The van der Waals surface area contributed by atoms with E-state index in [1.54, 1.807) is 42.9 Å². The average molecular weight is 350 g/mol. The Morgan fingerprint density at radius 2 is 1.88 bits per heavy atom. The third kappa shape index (κ3) is 5.11. The summed E-state index contributed by atoms with van der Waals surface area (Å²) in [6.07, 6.45) is 5.74. The van der Waals surface area contributed by atoms with E-state index in [0.29, 0.717) is 24.5 Å². The molecule has 0 aliphatic rings. The molecule has 0 unspecified atom stereocenters. The van der Waals surface area contributed by atoms with E-state index in [2.05, 4.69) is 20.6 Å². The van der Waals surface area contributed by atoms with Gasteiger partial charge < -0.3 is 10.6 Å². The molecule has 0 fully saturated rings. The van der Waals surface area contributed by atoms with Crippen LogP contribution in [0.3, 0.4) is 0 Å². The molecule has 3 rings (SSSR count). The molecule has 2 heterocycles. The monoisotopic (exact) mass is 350 g/mol. The van der Waals surface area contributed by atoms with Crippen LogP contribution >= 0.6 is 0 Å². The number of carbonyl (C=O) groups is 1. The maximum atomic E-state index is 12.9. The fraction of sp³-hybridized carbons (Fsp3) is 0.150. The largest absolute Gasteiger partial charge is 0.370 e. The van der Waals surface area contributed by atoms with Gasteiger partial charge in [0, 0.05) is 37.2 Å². The minimum atomic E-state index is -0.242. The lowest BCUT2D eigenvalue weighted by molar-refractivity contribution is 0.0951. The standard InChI is InChI=1S/C20H19FN4O/c21-18-5-3-15(4-6-18)7-10-23-19-12-17(8-11-24-19)20(26)25-14-16-2-1-9-22-13-16/h1-6,8-9,11-13H,7,10,14H2,(H,23,24)(H,25,26). The van der Waals surface area contributed by atoms with Crippen molar-refractivity contribution in [2.45, 2.75) is 13.0 Å². The minimum Gasteiger partial charge on any atom is -0.370 e. The molecule has 1 aromatic carbocycles. The quantitative estimate of drug-likeness (QED) is 0.687. The molecular weight excluding hydrogens is 331 g/mol. The normalized spacial score (nSPS) is 10.3. The Morgan fingerprint density at radius 1 is 1.04 bits per heavy atom. The summed E-state index contributed by atoms with van der Waals surface area (Å²) < 4.78 is 12.9. The van der Waals surface area contributed by atoms with Crippen molar-refractivity contribution in [3.05, 3.63) is 89.6 Å². The number of anilines is 1. The average Bonchev–Trinajstić information content (AvgIpc) is 2.69. The third-order valence-electron chi connectivity index (χ3n) is 3.83. The van der Waals surface area contributed by atoms with E-state index in [9.17, 15) is 9.18 Å². The van der Waals surface area contributed by atoms with Crippen molar-refractivity contribution in [1.82, 2.24) is 15.3 Å². The zero-order valence-corrected chi connectivity index (χ0v) is 14.2. The molecule has 2 aromatic heterocycles. The molecule has 26 heavy (non-hydrogen) atoms. The van der Waals surface area contributed by atoms with Gasteiger partial charge in [-0.05, 0) is 47.9 Å². The summed E-state index contributed by atoms with van der Waals surface area (Å²) >= 11 is 0. The van der Waals surface area contributed by atoms with Crippen molar-refractivity contribution in [2.75, 3.05) is 11.9 Å². The lowest BCUT2D eigenvalue weighted by Gasteiger charge is -2.08. The number of aromatic nitrogens is 2. The summed E-state index contributed by atoms with van der Waals surface area (Å²) in [7, 11) is 0. The van der Waals surface area contributed by atoms with Gasteiger partial charge in [-0.2, -0.15) is 0 Å². The van der Waals surface area contributed by atoms with Crippen LogP contribution in [0.25, 0.3) is 0 Å². The fourth-order valence-corrected chi connectivity index (χ4v) is 2.44. The van der Waals surface area contributed by atoms with Crippen LogP contribution in [0.15, 0.2) is 67.1 Å². The second kappa shape index (κ2) is 8.71. The highest BCUT2D eigenvalue weighted by Gasteiger charge is 2.07. The van der Waals surface area contributed by atoms with E-state index in [-0.39, 0.29) is 11.7 Å². The first kappa shape index (κ1) is 17.5. The Kier molecular flexibility index (Phi) is 5.88. The van der Waals surface area contributed by atoms with Crippen molar-refractivity contribution in [1.29, 1.82) is 0 Å². The molecule has 0 bridgehead atoms. The number of nitrogens with zero attached hydrogens (tertiary/aromatic N) is 2. The molecule has 3 aromatic rings. The predicted molar refractivity (Wildman–Crippen MR) is 98.2 cm³/mol. The van der Waals surface area contributed by atoms with Crippen LogP contribution in [-0.4, -0.2) is 22.4 Å². The van der Waals surface area contributed by atoms with E-state index in [1.165, 1.54) is 12.1 Å². The molecule has 2 N–H and O–H groups in total. The van der Waals surface area contributed by atoms with Crippen molar-refractivity contribution in [3.8, 4) is 0 Å². The molecule has 0 saturated carbocycles. The van der Waals surface area contributed by atoms with Gasteiger partial charge in [0.25, 0.3) is 5.91 Å². The van der Waals surface area contributed by atoms with Gasteiger partial charge >= 0.3 is 0 Å². The summed E-state index contributed by atoms with van der Waals surface area (Å²) in [6, 6.07) is 13.5. The van der Waals surface area contributed by atoms with Gasteiger partial charge in [0.2, 0.25) is 0 Å². The highest BCUT2D eigenvalue weighted by Crippen LogP contribution is 2.09. The topological polar surface area (TPSA) is 66.9 Å². The number of carbonyl (C=O) groups excluding carboxylic acids is 1. The summed E-state index contributed by atoms with van der Waals surface area (Å²) in [6.45, 7) is 1.06. The molecule has 0 saturated heterocycles. The number of pyridine rings is 2. The summed E-state index contributed by atoms with van der Waals surface area (Å²) in [4.78, 5) is 20.5. The number of rotatable bonds is 7. The maximum absolute atomic E-state index is 12.9. The van der Waals surface area contributed by atoms with Gasteiger partial charge in [-0.1, -0.05) is 18.2 Å². The molecule has 132 valence electrons. The number of nitrogens with one attached hydrogen (secondary N) is 2. The number of halogens is 1. The van der Waals surface area contributed by atoms with Crippen LogP contribution in [0.1, 0.15) is 21.5 Å². The van der Waals surface area contributed by atoms with E-state index < -0.39 is 0 Å². The van der Waals surface area contributed by atoms with E-state index >= 15 is 0 Å². The zero-order chi connectivity index (χ0) is 18.2. The first-order valence-corrected chi connectivity index (χ1v) is 8.32. The summed E-state index contributed by atoms with van der Waals surface area (Å²) in [5.41, 5.74) is 2.50. The first-order valence-electron chi connectivity index (χ1n) is 8.32. The molecular formula is C20H19FN4O. The molecule has 0 atom stereocenters. The Bertz CT molecular complexity index is 853. The number of hydrogen-bond acceptors (Lipinski definition) is 4. The lowest BCUT2D eigenvalue weighted by atomic mass is 10.1.